The molecule has 0 spiro atoms. The van der Waals surface area contributed by atoms with E-state index in [0.717, 1.165) is 12.8 Å². The number of ketones is 1. The van der Waals surface area contributed by atoms with Gasteiger partial charge in [0.15, 0.2) is 0 Å². The summed E-state index contributed by atoms with van der Waals surface area (Å²) in [5.74, 6) is -5.71. The van der Waals surface area contributed by atoms with Crippen LogP contribution in [0.5, 0.6) is 0 Å². The Hall–Kier alpha value is -3.97. The summed E-state index contributed by atoms with van der Waals surface area (Å²) in [5, 5.41) is 10.8. The van der Waals surface area contributed by atoms with Gasteiger partial charge in [-0.25, -0.2) is 9.37 Å². The lowest BCUT2D eigenvalue weighted by molar-refractivity contribution is -0.145. The molecule has 4 rings (SSSR count). The lowest BCUT2D eigenvalue weighted by Crippen LogP contribution is -2.60. The van der Waals surface area contributed by atoms with Gasteiger partial charge in [0.05, 0.1) is 12.2 Å². The standard InChI is InChI=1S/C32H46FN7O6/c1-6-7-22(27(41)31(45)36-18-8-9-18)37-30(44)26-19-10-11-21(33)20(19)15-40(26)32(46)25(17(4)5)39-29(43)24(16(2)3)38-28(42)23-14-34-12-13-35-23/h12-14,16-22,24-26H,6-11,15H2,1-5H3,(H,36,45)(H,37,44)(H,38,42)(H,39,43)/t19-,20-,21-,22?,24+,25-,26?/m0/s1. The largest absolute Gasteiger partial charge is 0.347 e. The molecule has 2 saturated carbocycles. The van der Waals surface area contributed by atoms with Crippen molar-refractivity contribution in [3.8, 4) is 0 Å². The smallest absolute Gasteiger partial charge is 0.289 e. The third-order valence-electron chi connectivity index (χ3n) is 9.10. The van der Waals surface area contributed by atoms with Crippen LogP contribution < -0.4 is 21.3 Å². The number of alkyl halides is 1. The highest BCUT2D eigenvalue weighted by Crippen LogP contribution is 2.44. The van der Waals surface area contributed by atoms with Gasteiger partial charge in [0.1, 0.15) is 30.0 Å². The number of fused-ring (bicyclic) bond motifs is 1. The Kier molecular flexibility index (Phi) is 11.4. The zero-order valence-electron chi connectivity index (χ0n) is 27.1. The SMILES string of the molecule is CCCC(NC(=O)C1[C@H]2CC[C@H](F)[C@H]2CN1C(=O)[C@@H](NC(=O)[C@H](NC(=O)c1cnccn1)C(C)C)C(C)C)C(=O)C(=O)NC1CC1. The lowest BCUT2D eigenvalue weighted by atomic mass is 9.92. The zero-order valence-corrected chi connectivity index (χ0v) is 27.1. The molecule has 3 aliphatic rings. The van der Waals surface area contributed by atoms with Gasteiger partial charge in [0, 0.05) is 30.9 Å². The Morgan fingerprint density at radius 2 is 1.61 bits per heavy atom. The van der Waals surface area contributed by atoms with Crippen LogP contribution >= 0.6 is 0 Å². The summed E-state index contributed by atoms with van der Waals surface area (Å²) in [6.07, 6.45) is 5.83. The normalized spacial score (nSPS) is 24.1. The average Bonchev–Trinajstić information content (AvgIpc) is 3.65. The molecular formula is C32H46FN7O6. The van der Waals surface area contributed by atoms with Crippen LogP contribution in [0.15, 0.2) is 18.6 Å². The molecule has 46 heavy (non-hydrogen) atoms. The molecule has 7 atom stereocenters. The summed E-state index contributed by atoms with van der Waals surface area (Å²) >= 11 is 0. The van der Waals surface area contributed by atoms with Crippen LogP contribution in [0.2, 0.25) is 0 Å². The quantitative estimate of drug-likeness (QED) is 0.218. The second-order valence-electron chi connectivity index (χ2n) is 13.3. The van der Waals surface area contributed by atoms with E-state index in [4.69, 9.17) is 0 Å². The van der Waals surface area contributed by atoms with Crippen molar-refractivity contribution in [2.24, 2.45) is 23.7 Å². The Labute approximate surface area is 268 Å². The molecule has 2 unspecified atom stereocenters. The van der Waals surface area contributed by atoms with Crippen molar-refractivity contribution in [1.82, 2.24) is 36.1 Å². The molecule has 2 heterocycles. The van der Waals surface area contributed by atoms with Gasteiger partial charge in [-0.05, 0) is 49.9 Å². The molecule has 2 aliphatic carbocycles. The second-order valence-corrected chi connectivity index (χ2v) is 13.3. The molecule has 0 bridgehead atoms. The fraction of sp³-hybridized carbons (Fsp3) is 0.688. The molecule has 3 fully saturated rings. The number of Topliss-reactive ketones (excluding diaryl/α,β-unsaturated/α-hetero) is 1. The van der Waals surface area contributed by atoms with E-state index >= 15 is 4.39 Å². The Morgan fingerprint density at radius 1 is 0.913 bits per heavy atom. The first-order chi connectivity index (χ1) is 21.8. The number of likely N-dealkylation sites (tertiary alicyclic amines) is 1. The summed E-state index contributed by atoms with van der Waals surface area (Å²) in [5.41, 5.74) is 0.0283. The van der Waals surface area contributed by atoms with Gasteiger partial charge in [0.25, 0.3) is 11.8 Å². The van der Waals surface area contributed by atoms with Gasteiger partial charge in [-0.2, -0.15) is 0 Å². The summed E-state index contributed by atoms with van der Waals surface area (Å²) in [6.45, 7) is 8.78. The Morgan fingerprint density at radius 3 is 2.20 bits per heavy atom. The fourth-order valence-electron chi connectivity index (χ4n) is 6.38. The van der Waals surface area contributed by atoms with E-state index in [1.165, 1.54) is 23.5 Å². The maximum atomic E-state index is 15.0. The van der Waals surface area contributed by atoms with E-state index in [-0.39, 0.29) is 37.0 Å². The summed E-state index contributed by atoms with van der Waals surface area (Å²) in [7, 11) is 0. The highest BCUT2D eigenvalue weighted by Gasteiger charge is 2.55. The van der Waals surface area contributed by atoms with Crippen LogP contribution in [0, 0.1) is 23.7 Å². The van der Waals surface area contributed by atoms with E-state index in [1.54, 1.807) is 27.7 Å². The number of carbonyl (C=O) groups is 6. The van der Waals surface area contributed by atoms with Gasteiger partial charge >= 0.3 is 0 Å². The first-order valence-electron chi connectivity index (χ1n) is 16.3. The maximum Gasteiger partial charge on any atom is 0.289 e. The Bertz CT molecular complexity index is 1310. The molecule has 252 valence electrons. The van der Waals surface area contributed by atoms with Gasteiger partial charge in [0.2, 0.25) is 23.5 Å². The second kappa shape index (κ2) is 15.1. The number of hydrogen-bond donors (Lipinski definition) is 4. The third-order valence-corrected chi connectivity index (χ3v) is 9.10. The fourth-order valence-corrected chi connectivity index (χ4v) is 6.38. The van der Waals surface area contributed by atoms with E-state index in [9.17, 15) is 28.8 Å². The first-order valence-corrected chi connectivity index (χ1v) is 16.3. The molecule has 14 heteroatoms. The molecule has 4 N–H and O–H groups in total. The monoisotopic (exact) mass is 643 g/mol. The Balaban J connectivity index is 1.52. The van der Waals surface area contributed by atoms with Gasteiger partial charge in [-0.15, -0.1) is 0 Å². The number of carbonyl (C=O) groups excluding carboxylic acids is 6. The van der Waals surface area contributed by atoms with Crippen molar-refractivity contribution in [3.05, 3.63) is 24.3 Å². The minimum atomic E-state index is -1.20. The number of aromatic nitrogens is 2. The van der Waals surface area contributed by atoms with Crippen molar-refractivity contribution in [2.45, 2.75) is 110 Å². The van der Waals surface area contributed by atoms with Gasteiger partial charge in [-0.1, -0.05) is 41.0 Å². The number of nitrogens with zero attached hydrogens (tertiary/aromatic N) is 3. The number of hydrogen-bond acceptors (Lipinski definition) is 8. The molecule has 1 aromatic rings. The van der Waals surface area contributed by atoms with E-state index in [2.05, 4.69) is 31.2 Å². The first kappa shape index (κ1) is 34.9. The van der Waals surface area contributed by atoms with Gasteiger partial charge < -0.3 is 26.2 Å². The van der Waals surface area contributed by atoms with Crippen LogP contribution in [0.3, 0.4) is 0 Å². The minimum Gasteiger partial charge on any atom is -0.347 e. The third kappa shape index (κ3) is 8.05. The zero-order chi connectivity index (χ0) is 33.7. The van der Waals surface area contributed by atoms with E-state index in [0.29, 0.717) is 12.8 Å². The van der Waals surface area contributed by atoms with Crippen molar-refractivity contribution in [2.75, 3.05) is 6.54 Å². The van der Waals surface area contributed by atoms with E-state index < -0.39 is 83.4 Å². The van der Waals surface area contributed by atoms with Gasteiger partial charge in [-0.3, -0.25) is 33.8 Å². The summed E-state index contributed by atoms with van der Waals surface area (Å²) < 4.78 is 15.0. The average molecular weight is 644 g/mol. The van der Waals surface area contributed by atoms with Crippen molar-refractivity contribution in [1.29, 1.82) is 0 Å². The number of rotatable bonds is 14. The van der Waals surface area contributed by atoms with Crippen molar-refractivity contribution in [3.63, 3.8) is 0 Å². The molecule has 1 aliphatic heterocycles. The maximum absolute atomic E-state index is 15.0. The molecule has 1 saturated heterocycles. The minimum absolute atomic E-state index is 0.0204. The van der Waals surface area contributed by atoms with Crippen molar-refractivity contribution >= 4 is 35.3 Å². The van der Waals surface area contributed by atoms with Crippen molar-refractivity contribution < 1.29 is 33.2 Å². The highest BCUT2D eigenvalue weighted by molar-refractivity contribution is 6.38. The van der Waals surface area contributed by atoms with E-state index in [1.807, 2.05) is 6.92 Å². The number of amides is 5. The molecule has 0 aromatic carbocycles. The predicted molar refractivity (Wildman–Crippen MR) is 165 cm³/mol. The highest BCUT2D eigenvalue weighted by atomic mass is 19.1. The van der Waals surface area contributed by atoms with Crippen LogP contribution in [0.1, 0.15) is 83.6 Å². The van der Waals surface area contributed by atoms with Crippen LogP contribution in [0.25, 0.3) is 0 Å². The molecular weight excluding hydrogens is 597 g/mol. The number of nitrogens with one attached hydrogen (secondary N) is 4. The number of halogens is 1. The van der Waals surface area contributed by atoms with Crippen LogP contribution in [-0.4, -0.2) is 93.1 Å². The lowest BCUT2D eigenvalue weighted by Gasteiger charge is -2.34. The van der Waals surface area contributed by atoms with Crippen LogP contribution in [0.4, 0.5) is 4.39 Å². The topological polar surface area (TPSA) is 180 Å². The van der Waals surface area contributed by atoms with Crippen LogP contribution in [-0.2, 0) is 24.0 Å². The summed E-state index contributed by atoms with van der Waals surface area (Å²) in [4.78, 5) is 89.0. The molecule has 13 nitrogen and oxygen atoms in total. The summed E-state index contributed by atoms with van der Waals surface area (Å²) in [6, 6.07) is -4.30. The predicted octanol–water partition coefficient (Wildman–Crippen LogP) is 1.08. The molecule has 0 radical (unpaired) electrons. The molecule has 5 amide bonds. The molecule has 1 aromatic heterocycles.